The highest BCUT2D eigenvalue weighted by molar-refractivity contribution is 5.84. The van der Waals surface area contributed by atoms with Gasteiger partial charge in [-0.25, -0.2) is 9.18 Å². The molecule has 18 heavy (non-hydrogen) atoms. The molecule has 0 bridgehead atoms. The van der Waals surface area contributed by atoms with Gasteiger partial charge in [0.2, 0.25) is 0 Å². The second-order valence-electron chi connectivity index (χ2n) is 4.37. The Bertz CT molecular complexity index is 487. The van der Waals surface area contributed by atoms with Crippen molar-refractivity contribution >= 4 is 5.97 Å². The van der Waals surface area contributed by atoms with Gasteiger partial charge in [0.15, 0.2) is 0 Å². The van der Waals surface area contributed by atoms with Crippen LogP contribution in [0, 0.1) is 5.82 Å². The first-order valence-electron chi connectivity index (χ1n) is 5.87. The standard InChI is InChI=1S/C14H16FNO2/c1-3-8-16-14(13(17)18-2)7-6-10-9-11(15)4-5-12(10)14/h3-5,9,16H,1,6-8H2,2H3. The number of carbonyl (C=O) groups excluding carboxylic acids is 1. The number of methoxy groups -OCH3 is 1. The second-order valence-corrected chi connectivity index (χ2v) is 4.37. The number of benzene rings is 1. The third kappa shape index (κ3) is 1.93. The van der Waals surface area contributed by atoms with Crippen LogP contribution in [0.3, 0.4) is 0 Å². The van der Waals surface area contributed by atoms with Crippen molar-refractivity contribution in [2.75, 3.05) is 13.7 Å². The zero-order chi connectivity index (χ0) is 13.2. The lowest BCUT2D eigenvalue weighted by Gasteiger charge is -2.28. The molecule has 1 aliphatic carbocycles. The maximum Gasteiger partial charge on any atom is 0.330 e. The lowest BCUT2D eigenvalue weighted by Crippen LogP contribution is -2.48. The van der Waals surface area contributed by atoms with E-state index in [1.807, 2.05) is 0 Å². The maximum absolute atomic E-state index is 13.2. The number of ether oxygens (including phenoxy) is 1. The topological polar surface area (TPSA) is 38.3 Å². The molecule has 0 aromatic heterocycles. The van der Waals surface area contributed by atoms with Gasteiger partial charge in [-0.2, -0.15) is 0 Å². The molecule has 0 saturated carbocycles. The molecule has 1 aliphatic rings. The SMILES string of the molecule is C=CCNC1(C(=O)OC)CCc2cc(F)ccc21. The zero-order valence-electron chi connectivity index (χ0n) is 10.3. The molecule has 2 rings (SSSR count). The third-order valence-corrected chi connectivity index (χ3v) is 3.38. The van der Waals surface area contributed by atoms with Crippen LogP contribution < -0.4 is 5.32 Å². The van der Waals surface area contributed by atoms with Crippen LogP contribution in [0.5, 0.6) is 0 Å². The van der Waals surface area contributed by atoms with Crippen molar-refractivity contribution in [3.05, 3.63) is 47.8 Å². The Morgan fingerprint density at radius 3 is 3.11 bits per heavy atom. The summed E-state index contributed by atoms with van der Waals surface area (Å²) in [6, 6.07) is 4.51. The molecule has 0 heterocycles. The Morgan fingerprint density at radius 2 is 2.44 bits per heavy atom. The number of hydrogen-bond acceptors (Lipinski definition) is 3. The number of esters is 1. The van der Waals surface area contributed by atoms with Crippen molar-refractivity contribution in [3.63, 3.8) is 0 Å². The van der Waals surface area contributed by atoms with E-state index in [-0.39, 0.29) is 11.8 Å². The summed E-state index contributed by atoms with van der Waals surface area (Å²) in [5.74, 6) is -0.618. The number of aryl methyl sites for hydroxylation is 1. The van der Waals surface area contributed by atoms with E-state index >= 15 is 0 Å². The van der Waals surface area contributed by atoms with Crippen LogP contribution in [-0.4, -0.2) is 19.6 Å². The first kappa shape index (κ1) is 12.8. The van der Waals surface area contributed by atoms with E-state index in [2.05, 4.69) is 11.9 Å². The van der Waals surface area contributed by atoms with E-state index in [1.165, 1.54) is 19.2 Å². The lowest BCUT2D eigenvalue weighted by molar-refractivity contribution is -0.149. The smallest absolute Gasteiger partial charge is 0.330 e. The van der Waals surface area contributed by atoms with Crippen LogP contribution in [0.25, 0.3) is 0 Å². The Morgan fingerprint density at radius 1 is 1.67 bits per heavy atom. The summed E-state index contributed by atoms with van der Waals surface area (Å²) in [7, 11) is 1.36. The minimum absolute atomic E-state index is 0.280. The van der Waals surface area contributed by atoms with Gasteiger partial charge in [-0.3, -0.25) is 5.32 Å². The van der Waals surface area contributed by atoms with Gasteiger partial charge in [-0.15, -0.1) is 6.58 Å². The highest BCUT2D eigenvalue weighted by atomic mass is 19.1. The lowest BCUT2D eigenvalue weighted by atomic mass is 9.91. The van der Waals surface area contributed by atoms with Gasteiger partial charge in [-0.05, 0) is 36.1 Å². The monoisotopic (exact) mass is 249 g/mol. The fraction of sp³-hybridized carbons (Fsp3) is 0.357. The molecule has 1 aromatic carbocycles. The molecule has 1 unspecified atom stereocenters. The molecular weight excluding hydrogens is 233 g/mol. The number of fused-ring (bicyclic) bond motifs is 1. The molecule has 0 radical (unpaired) electrons. The summed E-state index contributed by atoms with van der Waals surface area (Å²) in [5, 5.41) is 3.16. The molecule has 1 atom stereocenters. The highest BCUT2D eigenvalue weighted by Gasteiger charge is 2.45. The zero-order valence-corrected chi connectivity index (χ0v) is 10.3. The Kier molecular flexibility index (Phi) is 3.48. The highest BCUT2D eigenvalue weighted by Crippen LogP contribution is 2.38. The molecule has 0 amide bonds. The number of rotatable bonds is 4. The van der Waals surface area contributed by atoms with E-state index in [0.29, 0.717) is 19.4 Å². The summed E-state index contributed by atoms with van der Waals surface area (Å²) in [6.07, 6.45) is 2.92. The fourth-order valence-corrected chi connectivity index (χ4v) is 2.53. The van der Waals surface area contributed by atoms with E-state index < -0.39 is 5.54 Å². The van der Waals surface area contributed by atoms with Crippen molar-refractivity contribution in [2.24, 2.45) is 0 Å². The van der Waals surface area contributed by atoms with Gasteiger partial charge in [0.05, 0.1) is 7.11 Å². The third-order valence-electron chi connectivity index (χ3n) is 3.38. The fourth-order valence-electron chi connectivity index (χ4n) is 2.53. The minimum Gasteiger partial charge on any atom is -0.467 e. The van der Waals surface area contributed by atoms with E-state index in [0.717, 1.165) is 11.1 Å². The molecule has 4 heteroatoms. The van der Waals surface area contributed by atoms with Crippen molar-refractivity contribution in [1.82, 2.24) is 5.32 Å². The van der Waals surface area contributed by atoms with Crippen LogP contribution in [0.1, 0.15) is 17.5 Å². The van der Waals surface area contributed by atoms with Crippen LogP contribution in [0.15, 0.2) is 30.9 Å². The molecule has 0 aliphatic heterocycles. The van der Waals surface area contributed by atoms with Crippen LogP contribution in [-0.2, 0) is 21.5 Å². The van der Waals surface area contributed by atoms with Crippen molar-refractivity contribution in [3.8, 4) is 0 Å². The predicted molar refractivity (Wildman–Crippen MR) is 66.6 cm³/mol. The van der Waals surface area contributed by atoms with Crippen LogP contribution in [0.4, 0.5) is 4.39 Å². The van der Waals surface area contributed by atoms with Gasteiger partial charge in [-0.1, -0.05) is 12.1 Å². The average molecular weight is 249 g/mol. The van der Waals surface area contributed by atoms with Gasteiger partial charge in [0.25, 0.3) is 0 Å². The Balaban J connectivity index is 2.45. The largest absolute Gasteiger partial charge is 0.467 e. The summed E-state index contributed by atoms with van der Waals surface area (Å²) in [4.78, 5) is 12.1. The summed E-state index contributed by atoms with van der Waals surface area (Å²) < 4.78 is 18.1. The number of nitrogens with one attached hydrogen (secondary N) is 1. The summed E-state index contributed by atoms with van der Waals surface area (Å²) in [5.41, 5.74) is 0.793. The Hall–Kier alpha value is -1.68. The second kappa shape index (κ2) is 4.90. The van der Waals surface area contributed by atoms with Gasteiger partial charge >= 0.3 is 5.97 Å². The summed E-state index contributed by atoms with van der Waals surface area (Å²) >= 11 is 0. The minimum atomic E-state index is -0.869. The van der Waals surface area contributed by atoms with Crippen LogP contribution >= 0.6 is 0 Å². The van der Waals surface area contributed by atoms with E-state index in [9.17, 15) is 9.18 Å². The quantitative estimate of drug-likeness (QED) is 0.654. The average Bonchev–Trinajstić information content (AvgIpc) is 2.74. The van der Waals surface area contributed by atoms with E-state index in [4.69, 9.17) is 4.74 Å². The van der Waals surface area contributed by atoms with Gasteiger partial charge in [0.1, 0.15) is 11.4 Å². The molecule has 1 N–H and O–H groups in total. The molecule has 96 valence electrons. The first-order chi connectivity index (χ1) is 8.64. The van der Waals surface area contributed by atoms with Gasteiger partial charge < -0.3 is 4.74 Å². The van der Waals surface area contributed by atoms with Crippen molar-refractivity contribution in [1.29, 1.82) is 0 Å². The first-order valence-corrected chi connectivity index (χ1v) is 5.87. The number of hydrogen-bond donors (Lipinski definition) is 1. The molecule has 3 nitrogen and oxygen atoms in total. The molecule has 1 aromatic rings. The van der Waals surface area contributed by atoms with Crippen molar-refractivity contribution in [2.45, 2.75) is 18.4 Å². The molecule has 0 saturated heterocycles. The summed E-state index contributed by atoms with van der Waals surface area (Å²) in [6.45, 7) is 4.13. The van der Waals surface area contributed by atoms with Crippen LogP contribution in [0.2, 0.25) is 0 Å². The molecule has 0 fully saturated rings. The number of halogens is 1. The Labute approximate surface area is 106 Å². The maximum atomic E-state index is 13.2. The van der Waals surface area contributed by atoms with Crippen molar-refractivity contribution < 1.29 is 13.9 Å². The predicted octanol–water partition coefficient (Wildman–Crippen LogP) is 1.92. The van der Waals surface area contributed by atoms with E-state index in [1.54, 1.807) is 12.1 Å². The molecule has 0 spiro atoms. The molecular formula is C14H16FNO2. The number of carbonyl (C=O) groups is 1. The normalized spacial score (nSPS) is 21.4. The van der Waals surface area contributed by atoms with Gasteiger partial charge in [0, 0.05) is 6.54 Å².